The summed E-state index contributed by atoms with van der Waals surface area (Å²) in [5, 5.41) is 0.488. The van der Waals surface area contributed by atoms with Gasteiger partial charge in [-0.15, -0.1) is 0 Å². The van der Waals surface area contributed by atoms with Gasteiger partial charge in [0.1, 0.15) is 5.75 Å². The predicted molar refractivity (Wildman–Crippen MR) is 114 cm³/mol. The van der Waals surface area contributed by atoms with Gasteiger partial charge in [0.15, 0.2) is 5.65 Å². The Labute approximate surface area is 167 Å². The van der Waals surface area contributed by atoms with Crippen LogP contribution >= 0.6 is 0 Å². The molecule has 1 atom stereocenters. The third kappa shape index (κ3) is 2.84. The van der Waals surface area contributed by atoms with E-state index >= 15 is 0 Å². The van der Waals surface area contributed by atoms with Gasteiger partial charge in [-0.25, -0.2) is 4.98 Å². The highest BCUT2D eigenvalue weighted by atomic mass is 16.5. The Bertz CT molecular complexity index is 1260. The van der Waals surface area contributed by atoms with Gasteiger partial charge >= 0.3 is 0 Å². The molecule has 6 nitrogen and oxygen atoms in total. The van der Waals surface area contributed by atoms with E-state index in [1.807, 2.05) is 42.5 Å². The average molecular weight is 384 g/mol. The van der Waals surface area contributed by atoms with E-state index < -0.39 is 0 Å². The summed E-state index contributed by atoms with van der Waals surface area (Å²) in [5.41, 5.74) is 4.29. The Balaban J connectivity index is 1.66. The van der Waals surface area contributed by atoms with Crippen LogP contribution < -0.4 is 15.2 Å². The molecular formula is C23H20N4O2. The summed E-state index contributed by atoms with van der Waals surface area (Å²) in [5.74, 6) is 1.29. The number of pyridine rings is 1. The van der Waals surface area contributed by atoms with Gasteiger partial charge in [0.25, 0.3) is 5.56 Å². The molecule has 1 unspecified atom stereocenters. The number of ether oxygens (including phenoxy) is 1. The summed E-state index contributed by atoms with van der Waals surface area (Å²) in [4.78, 5) is 27.3. The minimum Gasteiger partial charge on any atom is -0.497 e. The largest absolute Gasteiger partial charge is 0.497 e. The van der Waals surface area contributed by atoms with Gasteiger partial charge in [-0.3, -0.25) is 9.78 Å². The van der Waals surface area contributed by atoms with E-state index in [4.69, 9.17) is 9.72 Å². The molecule has 0 spiro atoms. The molecule has 2 aromatic heterocycles. The lowest BCUT2D eigenvalue weighted by molar-refractivity contribution is 0.415. The summed E-state index contributed by atoms with van der Waals surface area (Å²) < 4.78 is 5.23. The number of aromatic amines is 1. The maximum Gasteiger partial charge on any atom is 0.262 e. The monoisotopic (exact) mass is 384 g/mol. The molecule has 3 heterocycles. The van der Waals surface area contributed by atoms with Gasteiger partial charge in [-0.05, 0) is 54.3 Å². The van der Waals surface area contributed by atoms with Crippen molar-refractivity contribution in [1.29, 1.82) is 0 Å². The smallest absolute Gasteiger partial charge is 0.262 e. The Morgan fingerprint density at radius 3 is 2.69 bits per heavy atom. The van der Waals surface area contributed by atoms with Crippen LogP contribution in [0.5, 0.6) is 5.75 Å². The fourth-order valence-corrected chi connectivity index (χ4v) is 4.07. The van der Waals surface area contributed by atoms with Crippen LogP contribution in [0, 0.1) is 0 Å². The van der Waals surface area contributed by atoms with Gasteiger partial charge in [-0.1, -0.05) is 30.3 Å². The van der Waals surface area contributed by atoms with Crippen LogP contribution in [0.1, 0.15) is 12.5 Å². The first-order valence-electron chi connectivity index (χ1n) is 9.56. The molecular weight excluding hydrogens is 364 g/mol. The Morgan fingerprint density at radius 2 is 1.90 bits per heavy atom. The first kappa shape index (κ1) is 17.4. The summed E-state index contributed by atoms with van der Waals surface area (Å²) in [6.45, 7) is 2.13. The Kier molecular flexibility index (Phi) is 4.05. The Hall–Kier alpha value is -3.67. The van der Waals surface area contributed by atoms with E-state index in [9.17, 15) is 4.79 Å². The molecule has 29 heavy (non-hydrogen) atoms. The fourth-order valence-electron chi connectivity index (χ4n) is 4.07. The van der Waals surface area contributed by atoms with Crippen molar-refractivity contribution < 1.29 is 4.74 Å². The lowest BCUT2D eigenvalue weighted by Gasteiger charge is -2.23. The van der Waals surface area contributed by atoms with Gasteiger partial charge < -0.3 is 9.64 Å². The van der Waals surface area contributed by atoms with Gasteiger partial charge in [0.05, 0.1) is 12.5 Å². The molecule has 0 aliphatic carbocycles. The molecule has 4 aromatic rings. The molecule has 0 radical (unpaired) electrons. The van der Waals surface area contributed by atoms with E-state index in [-0.39, 0.29) is 11.6 Å². The van der Waals surface area contributed by atoms with Crippen LogP contribution in [0.3, 0.4) is 0 Å². The zero-order valence-corrected chi connectivity index (χ0v) is 16.2. The number of fused-ring (bicyclic) bond motifs is 2. The number of benzene rings is 2. The molecule has 6 heteroatoms. The SMILES string of the molecule is COc1ccc(-c2ccnc3nc(N4c5ccccc5CC4C)[nH]c(=O)c23)cc1. The third-order valence-corrected chi connectivity index (χ3v) is 5.43. The summed E-state index contributed by atoms with van der Waals surface area (Å²) >= 11 is 0. The molecule has 0 saturated carbocycles. The number of nitrogens with zero attached hydrogens (tertiary/aromatic N) is 3. The second-order valence-electron chi connectivity index (χ2n) is 7.23. The van der Waals surface area contributed by atoms with E-state index in [1.165, 1.54) is 5.56 Å². The topological polar surface area (TPSA) is 71.1 Å². The Morgan fingerprint density at radius 1 is 1.10 bits per heavy atom. The van der Waals surface area contributed by atoms with Crippen molar-refractivity contribution in [3.05, 3.63) is 76.7 Å². The van der Waals surface area contributed by atoms with E-state index in [0.717, 1.165) is 29.0 Å². The summed E-state index contributed by atoms with van der Waals surface area (Å²) in [6.07, 6.45) is 2.61. The summed E-state index contributed by atoms with van der Waals surface area (Å²) in [6, 6.07) is 17.9. The highest BCUT2D eigenvalue weighted by molar-refractivity contribution is 5.92. The number of hydrogen-bond donors (Lipinski definition) is 1. The molecule has 144 valence electrons. The first-order valence-corrected chi connectivity index (χ1v) is 9.56. The van der Waals surface area contributed by atoms with Crippen LogP contribution in [-0.2, 0) is 6.42 Å². The van der Waals surface area contributed by atoms with Gasteiger partial charge in [-0.2, -0.15) is 4.98 Å². The zero-order chi connectivity index (χ0) is 20.0. The molecule has 2 aromatic carbocycles. The highest BCUT2D eigenvalue weighted by Gasteiger charge is 2.29. The lowest BCUT2D eigenvalue weighted by atomic mass is 10.0. The van der Waals surface area contributed by atoms with Crippen molar-refractivity contribution in [2.45, 2.75) is 19.4 Å². The molecule has 0 bridgehead atoms. The highest BCUT2D eigenvalue weighted by Crippen LogP contribution is 2.36. The predicted octanol–water partition coefficient (Wildman–Crippen LogP) is 4.08. The molecule has 5 rings (SSSR count). The van der Waals surface area contributed by atoms with Crippen LogP contribution in [0.15, 0.2) is 65.6 Å². The molecule has 0 saturated heterocycles. The van der Waals surface area contributed by atoms with Crippen molar-refractivity contribution in [3.8, 4) is 16.9 Å². The van der Waals surface area contributed by atoms with Crippen molar-refractivity contribution in [2.75, 3.05) is 12.0 Å². The second-order valence-corrected chi connectivity index (χ2v) is 7.23. The number of hydrogen-bond acceptors (Lipinski definition) is 5. The number of methoxy groups -OCH3 is 1. The maximum absolute atomic E-state index is 13.1. The average Bonchev–Trinajstić information content (AvgIpc) is 3.09. The standard InChI is InChI=1S/C23H20N4O2/c1-14-13-16-5-3-4-6-19(16)27(14)23-25-21-20(22(28)26-23)18(11-12-24-21)15-7-9-17(29-2)10-8-15/h3-12,14H,13H2,1-2H3,(H,24,25,26,28). The van der Waals surface area contributed by atoms with Crippen molar-refractivity contribution in [2.24, 2.45) is 0 Å². The normalized spacial score (nSPS) is 15.5. The minimum atomic E-state index is -0.194. The van der Waals surface area contributed by atoms with Gasteiger partial charge in [0, 0.05) is 17.9 Å². The number of H-pyrrole nitrogens is 1. The van der Waals surface area contributed by atoms with Crippen LogP contribution in [-0.4, -0.2) is 28.1 Å². The van der Waals surface area contributed by atoms with E-state index in [0.29, 0.717) is 17.0 Å². The number of rotatable bonds is 3. The number of nitrogens with one attached hydrogen (secondary N) is 1. The molecule has 1 aliphatic rings. The zero-order valence-electron chi connectivity index (χ0n) is 16.2. The lowest BCUT2D eigenvalue weighted by Crippen LogP contribution is -2.28. The third-order valence-electron chi connectivity index (χ3n) is 5.43. The quantitative estimate of drug-likeness (QED) is 0.576. The number of anilines is 2. The van der Waals surface area contributed by atoms with Crippen LogP contribution in [0.4, 0.5) is 11.6 Å². The molecule has 0 fully saturated rings. The number of para-hydroxylation sites is 1. The fraction of sp³-hybridized carbons (Fsp3) is 0.174. The van der Waals surface area contributed by atoms with Crippen molar-refractivity contribution in [1.82, 2.24) is 15.0 Å². The first-order chi connectivity index (χ1) is 14.2. The van der Waals surface area contributed by atoms with Crippen LogP contribution in [0.25, 0.3) is 22.2 Å². The van der Waals surface area contributed by atoms with Crippen LogP contribution in [0.2, 0.25) is 0 Å². The minimum absolute atomic E-state index is 0.194. The van der Waals surface area contributed by atoms with Crippen molar-refractivity contribution >= 4 is 22.7 Å². The molecule has 1 N–H and O–H groups in total. The maximum atomic E-state index is 13.1. The van der Waals surface area contributed by atoms with Gasteiger partial charge in [0.2, 0.25) is 5.95 Å². The number of aromatic nitrogens is 3. The summed E-state index contributed by atoms with van der Waals surface area (Å²) in [7, 11) is 1.63. The van der Waals surface area contributed by atoms with Crippen molar-refractivity contribution in [3.63, 3.8) is 0 Å². The second kappa shape index (κ2) is 6.74. The molecule has 1 aliphatic heterocycles. The van der Waals surface area contributed by atoms with E-state index in [1.54, 1.807) is 13.3 Å². The molecule has 0 amide bonds. The van der Waals surface area contributed by atoms with E-state index in [2.05, 4.69) is 33.9 Å².